The predicted octanol–water partition coefficient (Wildman–Crippen LogP) is 4.46. The molecule has 0 bridgehead atoms. The Balaban J connectivity index is 2.03. The van der Waals surface area contributed by atoms with Crippen LogP contribution in [0.4, 0.5) is 5.69 Å². The second-order valence-corrected chi connectivity index (χ2v) is 6.52. The number of nitrogens with one attached hydrogen (secondary N) is 1. The standard InChI is InChI=1S/C14H19BrClNO/c15-11-4-5-12(16)13(8-11)17-9-14(10-18)6-2-1-3-7-14/h4-5,8,17-18H,1-3,6-7,9-10H2. The fourth-order valence-electron chi connectivity index (χ4n) is 2.61. The quantitative estimate of drug-likeness (QED) is 0.853. The molecule has 1 fully saturated rings. The summed E-state index contributed by atoms with van der Waals surface area (Å²) < 4.78 is 1.01. The molecule has 0 saturated heterocycles. The van der Waals surface area contributed by atoms with Crippen molar-refractivity contribution in [2.75, 3.05) is 18.5 Å². The van der Waals surface area contributed by atoms with Crippen LogP contribution in [-0.2, 0) is 0 Å². The Morgan fingerprint density at radius 1 is 1.28 bits per heavy atom. The van der Waals surface area contributed by atoms with E-state index in [2.05, 4.69) is 21.2 Å². The number of benzene rings is 1. The van der Waals surface area contributed by atoms with Gasteiger partial charge in [0.25, 0.3) is 0 Å². The van der Waals surface area contributed by atoms with Crippen molar-refractivity contribution in [1.29, 1.82) is 0 Å². The zero-order valence-corrected chi connectivity index (χ0v) is 12.7. The second-order valence-electron chi connectivity index (χ2n) is 5.20. The van der Waals surface area contributed by atoms with Crippen molar-refractivity contribution >= 4 is 33.2 Å². The number of anilines is 1. The average molecular weight is 333 g/mol. The first-order chi connectivity index (χ1) is 8.65. The second kappa shape index (κ2) is 6.27. The Bertz CT molecular complexity index is 405. The summed E-state index contributed by atoms with van der Waals surface area (Å²) in [5, 5.41) is 13.8. The van der Waals surface area contributed by atoms with E-state index in [1.54, 1.807) is 0 Å². The Morgan fingerprint density at radius 2 is 2.00 bits per heavy atom. The number of rotatable bonds is 4. The molecule has 0 atom stereocenters. The van der Waals surface area contributed by atoms with Crippen LogP contribution in [0.1, 0.15) is 32.1 Å². The van der Waals surface area contributed by atoms with E-state index in [1.165, 1.54) is 19.3 Å². The Labute approximate surface area is 122 Å². The van der Waals surface area contributed by atoms with Gasteiger partial charge in [-0.25, -0.2) is 0 Å². The van der Waals surface area contributed by atoms with Crippen LogP contribution in [-0.4, -0.2) is 18.3 Å². The van der Waals surface area contributed by atoms with Gasteiger partial charge in [0.05, 0.1) is 17.3 Å². The molecular weight excluding hydrogens is 314 g/mol. The van der Waals surface area contributed by atoms with Crippen LogP contribution < -0.4 is 5.32 Å². The third kappa shape index (κ3) is 3.40. The molecule has 1 aromatic rings. The first-order valence-corrected chi connectivity index (χ1v) is 7.62. The smallest absolute Gasteiger partial charge is 0.0638 e. The maximum Gasteiger partial charge on any atom is 0.0638 e. The topological polar surface area (TPSA) is 32.3 Å². The lowest BCUT2D eigenvalue weighted by atomic mass is 9.74. The molecule has 0 aromatic heterocycles. The van der Waals surface area contributed by atoms with Crippen LogP contribution in [0.5, 0.6) is 0 Å². The lowest BCUT2D eigenvalue weighted by molar-refractivity contribution is 0.0944. The number of hydrogen-bond acceptors (Lipinski definition) is 2. The van der Waals surface area contributed by atoms with Crippen molar-refractivity contribution in [3.05, 3.63) is 27.7 Å². The van der Waals surface area contributed by atoms with Crippen LogP contribution >= 0.6 is 27.5 Å². The summed E-state index contributed by atoms with van der Waals surface area (Å²) in [6.07, 6.45) is 5.92. The van der Waals surface area contributed by atoms with Crippen LogP contribution in [0, 0.1) is 5.41 Å². The van der Waals surface area contributed by atoms with Crippen molar-refractivity contribution in [3.8, 4) is 0 Å². The molecule has 18 heavy (non-hydrogen) atoms. The van der Waals surface area contributed by atoms with E-state index in [-0.39, 0.29) is 12.0 Å². The number of hydrogen-bond donors (Lipinski definition) is 2. The third-order valence-corrected chi connectivity index (χ3v) is 4.65. The molecule has 1 aliphatic rings. The van der Waals surface area contributed by atoms with Gasteiger partial charge in [0.1, 0.15) is 0 Å². The van der Waals surface area contributed by atoms with E-state index >= 15 is 0 Å². The monoisotopic (exact) mass is 331 g/mol. The zero-order valence-electron chi connectivity index (χ0n) is 10.4. The van der Waals surface area contributed by atoms with Crippen LogP contribution in [0.2, 0.25) is 5.02 Å². The van der Waals surface area contributed by atoms with Crippen molar-refractivity contribution in [2.24, 2.45) is 5.41 Å². The minimum absolute atomic E-state index is 0.0316. The maximum absolute atomic E-state index is 9.66. The Morgan fingerprint density at radius 3 is 2.67 bits per heavy atom. The Kier molecular flexibility index (Phi) is 4.93. The van der Waals surface area contributed by atoms with Crippen molar-refractivity contribution in [1.82, 2.24) is 0 Å². The fourth-order valence-corrected chi connectivity index (χ4v) is 3.15. The predicted molar refractivity (Wildman–Crippen MR) is 80.2 cm³/mol. The molecule has 2 N–H and O–H groups in total. The lowest BCUT2D eigenvalue weighted by Crippen LogP contribution is -2.35. The minimum Gasteiger partial charge on any atom is -0.396 e. The minimum atomic E-state index is 0.0316. The van der Waals surface area contributed by atoms with Gasteiger partial charge in [-0.15, -0.1) is 0 Å². The summed E-state index contributed by atoms with van der Waals surface area (Å²) in [6, 6.07) is 5.78. The third-order valence-electron chi connectivity index (χ3n) is 3.83. The molecule has 1 saturated carbocycles. The summed E-state index contributed by atoms with van der Waals surface area (Å²) in [4.78, 5) is 0. The highest BCUT2D eigenvalue weighted by Gasteiger charge is 2.31. The summed E-state index contributed by atoms with van der Waals surface area (Å²) in [5.74, 6) is 0. The largest absolute Gasteiger partial charge is 0.396 e. The van der Waals surface area contributed by atoms with Crippen LogP contribution in [0.3, 0.4) is 0 Å². The molecule has 0 spiro atoms. The zero-order chi connectivity index (χ0) is 13.0. The fraction of sp³-hybridized carbons (Fsp3) is 0.571. The van der Waals surface area contributed by atoms with Gasteiger partial charge in [-0.05, 0) is 31.0 Å². The molecule has 0 amide bonds. The molecule has 0 radical (unpaired) electrons. The summed E-state index contributed by atoms with van der Waals surface area (Å²) >= 11 is 9.60. The average Bonchev–Trinajstić information content (AvgIpc) is 2.41. The van der Waals surface area contributed by atoms with Gasteiger partial charge < -0.3 is 10.4 Å². The molecule has 1 aliphatic carbocycles. The molecular formula is C14H19BrClNO. The van der Waals surface area contributed by atoms with Crippen LogP contribution in [0.25, 0.3) is 0 Å². The van der Waals surface area contributed by atoms with Gasteiger partial charge in [0.2, 0.25) is 0 Å². The first kappa shape index (κ1) is 14.2. The van der Waals surface area contributed by atoms with Crippen LogP contribution in [0.15, 0.2) is 22.7 Å². The highest BCUT2D eigenvalue weighted by molar-refractivity contribution is 9.10. The number of halogens is 2. The lowest BCUT2D eigenvalue weighted by Gasteiger charge is -2.36. The first-order valence-electron chi connectivity index (χ1n) is 6.45. The molecule has 2 rings (SSSR count). The molecule has 4 heteroatoms. The number of aliphatic hydroxyl groups excluding tert-OH is 1. The molecule has 0 heterocycles. The molecule has 100 valence electrons. The van der Waals surface area contributed by atoms with Crippen molar-refractivity contribution in [3.63, 3.8) is 0 Å². The van der Waals surface area contributed by atoms with E-state index in [0.717, 1.165) is 34.6 Å². The van der Waals surface area contributed by atoms with Gasteiger partial charge in [-0.2, -0.15) is 0 Å². The van der Waals surface area contributed by atoms with Gasteiger partial charge in [0, 0.05) is 16.4 Å². The maximum atomic E-state index is 9.66. The van der Waals surface area contributed by atoms with Gasteiger partial charge in [-0.1, -0.05) is 46.8 Å². The summed E-state index contributed by atoms with van der Waals surface area (Å²) in [6.45, 7) is 1.05. The molecule has 1 aromatic carbocycles. The van der Waals surface area contributed by atoms with E-state index in [9.17, 15) is 5.11 Å². The summed E-state index contributed by atoms with van der Waals surface area (Å²) in [5.41, 5.74) is 0.966. The van der Waals surface area contributed by atoms with Gasteiger partial charge in [-0.3, -0.25) is 0 Å². The van der Waals surface area contributed by atoms with Gasteiger partial charge >= 0.3 is 0 Å². The molecule has 0 aliphatic heterocycles. The van der Waals surface area contributed by atoms with Gasteiger partial charge in [0.15, 0.2) is 0 Å². The highest BCUT2D eigenvalue weighted by atomic mass is 79.9. The van der Waals surface area contributed by atoms with E-state index in [4.69, 9.17) is 11.6 Å². The summed E-state index contributed by atoms with van der Waals surface area (Å²) in [7, 11) is 0. The van der Waals surface area contributed by atoms with Crippen molar-refractivity contribution in [2.45, 2.75) is 32.1 Å². The Hall–Kier alpha value is -0.250. The highest BCUT2D eigenvalue weighted by Crippen LogP contribution is 2.36. The van der Waals surface area contributed by atoms with E-state index in [1.807, 2.05) is 18.2 Å². The number of aliphatic hydroxyl groups is 1. The normalized spacial score (nSPS) is 18.6. The van der Waals surface area contributed by atoms with Crippen molar-refractivity contribution < 1.29 is 5.11 Å². The SMILES string of the molecule is OCC1(CNc2cc(Br)ccc2Cl)CCCCC1. The molecule has 0 unspecified atom stereocenters. The van der Waals surface area contributed by atoms with E-state index < -0.39 is 0 Å². The molecule has 2 nitrogen and oxygen atoms in total. The van der Waals surface area contributed by atoms with E-state index in [0.29, 0.717) is 0 Å².